The molecule has 0 aliphatic rings. The number of thioether (sulfide) groups is 1. The molecule has 0 aliphatic carbocycles. The van der Waals surface area contributed by atoms with Gasteiger partial charge in [-0.1, -0.05) is 30.0 Å². The van der Waals surface area contributed by atoms with Gasteiger partial charge in [0, 0.05) is 4.70 Å². The molecule has 3 aromatic rings. The van der Waals surface area contributed by atoms with Crippen LogP contribution in [0.25, 0.3) is 20.8 Å². The summed E-state index contributed by atoms with van der Waals surface area (Å²) >= 11 is 2.72. The first-order valence-electron chi connectivity index (χ1n) is 7.33. The van der Waals surface area contributed by atoms with Crippen molar-refractivity contribution in [3.8, 4) is 10.7 Å². The normalized spacial score (nSPS) is 10.7. The predicted molar refractivity (Wildman–Crippen MR) is 96.5 cm³/mol. The third kappa shape index (κ3) is 3.80. The minimum absolute atomic E-state index is 0.200. The molecule has 0 saturated carbocycles. The highest BCUT2D eigenvalue weighted by molar-refractivity contribution is 7.99. The molecule has 2 heterocycles. The molecule has 122 valence electrons. The fourth-order valence-electron chi connectivity index (χ4n) is 2.07. The fourth-order valence-corrected chi connectivity index (χ4v) is 3.72. The van der Waals surface area contributed by atoms with E-state index in [1.165, 1.54) is 23.1 Å². The summed E-state index contributed by atoms with van der Waals surface area (Å²) in [7, 11) is 0. The van der Waals surface area contributed by atoms with E-state index in [4.69, 9.17) is 4.74 Å². The summed E-state index contributed by atoms with van der Waals surface area (Å²) in [5.74, 6) is -0.0747. The van der Waals surface area contributed by atoms with Crippen LogP contribution in [-0.4, -0.2) is 28.3 Å². The lowest BCUT2D eigenvalue weighted by Gasteiger charge is -2.04. The van der Waals surface area contributed by atoms with Gasteiger partial charge in [0.15, 0.2) is 0 Å². The Bertz CT molecular complexity index is 940. The van der Waals surface area contributed by atoms with Crippen LogP contribution < -0.4 is 5.56 Å². The highest BCUT2D eigenvalue weighted by Crippen LogP contribution is 2.26. The number of benzene rings is 1. The van der Waals surface area contributed by atoms with Gasteiger partial charge < -0.3 is 4.74 Å². The molecular formula is C17H14N2O3S2. The monoisotopic (exact) mass is 358 g/mol. The third-order valence-corrected chi connectivity index (χ3v) is 5.09. The van der Waals surface area contributed by atoms with Crippen LogP contribution in [0, 0.1) is 0 Å². The lowest BCUT2D eigenvalue weighted by molar-refractivity contribution is -0.139. The van der Waals surface area contributed by atoms with E-state index in [1.54, 1.807) is 13.0 Å². The molecular weight excluding hydrogens is 344 g/mol. The molecule has 0 N–H and O–H groups in total. The van der Waals surface area contributed by atoms with Crippen molar-refractivity contribution in [2.45, 2.75) is 11.9 Å². The number of fused-ring (bicyclic) bond motifs is 1. The molecule has 0 amide bonds. The minimum Gasteiger partial charge on any atom is -0.465 e. The molecule has 0 saturated heterocycles. The first-order valence-corrected chi connectivity index (χ1v) is 9.13. The predicted octanol–water partition coefficient (Wildman–Crippen LogP) is 3.37. The molecule has 3 rings (SSSR count). The third-order valence-electron chi connectivity index (χ3n) is 3.11. The Morgan fingerprint density at radius 2 is 2.00 bits per heavy atom. The van der Waals surface area contributed by atoms with E-state index in [-0.39, 0.29) is 17.3 Å². The van der Waals surface area contributed by atoms with Crippen LogP contribution in [0.1, 0.15) is 6.92 Å². The van der Waals surface area contributed by atoms with E-state index >= 15 is 0 Å². The number of carbonyl (C=O) groups is 1. The van der Waals surface area contributed by atoms with Crippen molar-refractivity contribution in [3.63, 3.8) is 0 Å². The summed E-state index contributed by atoms with van der Waals surface area (Å²) in [6, 6.07) is 12.8. The van der Waals surface area contributed by atoms with Crippen LogP contribution in [0.3, 0.4) is 0 Å². The van der Waals surface area contributed by atoms with E-state index in [1.807, 2.05) is 36.4 Å². The second-order valence-electron chi connectivity index (χ2n) is 4.78. The number of ether oxygens (including phenoxy) is 1. The van der Waals surface area contributed by atoms with Crippen molar-refractivity contribution in [1.29, 1.82) is 0 Å². The van der Waals surface area contributed by atoms with Gasteiger partial charge in [-0.3, -0.25) is 9.59 Å². The number of esters is 1. The standard InChI is InChI=1S/C17H14N2O3S2/c1-2-22-15(20)10-23-14-9-5-7-12(18-14)17-19-16(21)11-6-3-4-8-13(11)24-17/h3-9H,2,10H2,1H3. The molecule has 0 aliphatic heterocycles. The molecule has 0 fully saturated rings. The molecule has 0 radical (unpaired) electrons. The van der Waals surface area contributed by atoms with Crippen molar-refractivity contribution < 1.29 is 9.53 Å². The van der Waals surface area contributed by atoms with Crippen molar-refractivity contribution in [3.05, 3.63) is 52.8 Å². The average molecular weight is 358 g/mol. The summed E-state index contributed by atoms with van der Waals surface area (Å²) in [5.41, 5.74) is 0.363. The number of rotatable bonds is 5. The minimum atomic E-state index is -0.275. The average Bonchev–Trinajstić information content (AvgIpc) is 2.60. The van der Waals surface area contributed by atoms with Crippen molar-refractivity contribution in [2.75, 3.05) is 12.4 Å². The Labute approximate surface area is 146 Å². The van der Waals surface area contributed by atoms with Crippen LogP contribution >= 0.6 is 23.1 Å². The molecule has 1 aromatic carbocycles. The molecule has 0 unspecified atom stereocenters. The second-order valence-corrected chi connectivity index (χ2v) is 6.80. The van der Waals surface area contributed by atoms with Gasteiger partial charge in [-0.05, 0) is 31.2 Å². The molecule has 7 heteroatoms. The number of pyridine rings is 1. The SMILES string of the molecule is CCOC(=O)CSc1cccc(-c2nc(=O)c3ccccc3s2)n1. The van der Waals surface area contributed by atoms with Crippen molar-refractivity contribution >= 4 is 39.2 Å². The molecule has 0 atom stereocenters. The topological polar surface area (TPSA) is 69.2 Å². The van der Waals surface area contributed by atoms with Crippen LogP contribution in [0.5, 0.6) is 0 Å². The van der Waals surface area contributed by atoms with Gasteiger partial charge in [0.2, 0.25) is 0 Å². The molecule has 5 nitrogen and oxygen atoms in total. The maximum atomic E-state index is 12.1. The van der Waals surface area contributed by atoms with E-state index in [2.05, 4.69) is 9.97 Å². The van der Waals surface area contributed by atoms with Crippen molar-refractivity contribution in [1.82, 2.24) is 9.97 Å². The lowest BCUT2D eigenvalue weighted by atomic mass is 10.3. The van der Waals surface area contributed by atoms with E-state index in [0.717, 1.165) is 4.70 Å². The Hall–Kier alpha value is -2.25. The quantitative estimate of drug-likeness (QED) is 0.514. The number of hydrogen-bond acceptors (Lipinski definition) is 7. The highest BCUT2D eigenvalue weighted by atomic mass is 32.2. The van der Waals surface area contributed by atoms with Gasteiger partial charge in [0.05, 0.1) is 22.8 Å². The Balaban J connectivity index is 1.89. The van der Waals surface area contributed by atoms with Crippen molar-refractivity contribution in [2.24, 2.45) is 0 Å². The summed E-state index contributed by atoms with van der Waals surface area (Å²) in [5, 5.41) is 1.87. The zero-order valence-corrected chi connectivity index (χ0v) is 14.5. The van der Waals surface area contributed by atoms with Crippen LogP contribution in [0.2, 0.25) is 0 Å². The Morgan fingerprint density at radius 3 is 2.83 bits per heavy atom. The summed E-state index contributed by atoms with van der Waals surface area (Å²) in [6.07, 6.45) is 0. The van der Waals surface area contributed by atoms with E-state index in [0.29, 0.717) is 27.7 Å². The van der Waals surface area contributed by atoms with Crippen LogP contribution in [-0.2, 0) is 9.53 Å². The maximum absolute atomic E-state index is 12.1. The lowest BCUT2D eigenvalue weighted by Crippen LogP contribution is -2.07. The smallest absolute Gasteiger partial charge is 0.316 e. The van der Waals surface area contributed by atoms with Gasteiger partial charge in [-0.2, -0.15) is 4.98 Å². The van der Waals surface area contributed by atoms with Crippen LogP contribution in [0.15, 0.2) is 52.3 Å². The summed E-state index contributed by atoms with van der Waals surface area (Å²) in [4.78, 5) is 32.2. The van der Waals surface area contributed by atoms with Gasteiger partial charge in [0.25, 0.3) is 5.56 Å². The van der Waals surface area contributed by atoms with Gasteiger partial charge in [-0.15, -0.1) is 11.3 Å². The molecule has 0 bridgehead atoms. The number of nitrogens with zero attached hydrogens (tertiary/aromatic N) is 2. The first-order chi connectivity index (χ1) is 11.7. The summed E-state index contributed by atoms with van der Waals surface area (Å²) < 4.78 is 5.78. The zero-order chi connectivity index (χ0) is 16.9. The highest BCUT2D eigenvalue weighted by Gasteiger charge is 2.10. The van der Waals surface area contributed by atoms with E-state index in [9.17, 15) is 9.59 Å². The Kier molecular flexibility index (Phi) is 5.22. The fraction of sp³-hybridized carbons (Fsp3) is 0.176. The summed E-state index contributed by atoms with van der Waals surface area (Å²) in [6.45, 7) is 2.14. The van der Waals surface area contributed by atoms with Gasteiger partial charge >= 0.3 is 5.97 Å². The zero-order valence-electron chi connectivity index (χ0n) is 12.9. The second kappa shape index (κ2) is 7.55. The Morgan fingerprint density at radius 1 is 1.17 bits per heavy atom. The number of carbonyl (C=O) groups excluding carboxylic acids is 1. The van der Waals surface area contributed by atoms with Gasteiger partial charge in [0.1, 0.15) is 10.7 Å². The van der Waals surface area contributed by atoms with E-state index < -0.39 is 0 Å². The molecule has 0 spiro atoms. The molecule has 2 aromatic heterocycles. The molecule has 24 heavy (non-hydrogen) atoms. The largest absolute Gasteiger partial charge is 0.465 e. The number of aromatic nitrogens is 2. The maximum Gasteiger partial charge on any atom is 0.316 e. The number of hydrogen-bond donors (Lipinski definition) is 0. The van der Waals surface area contributed by atoms with Crippen LogP contribution in [0.4, 0.5) is 0 Å². The van der Waals surface area contributed by atoms with Gasteiger partial charge in [-0.25, -0.2) is 4.98 Å². The first kappa shape index (κ1) is 16.6.